The van der Waals surface area contributed by atoms with E-state index in [0.29, 0.717) is 6.04 Å². The zero-order valence-corrected chi connectivity index (χ0v) is 9.22. The molecule has 0 spiro atoms. The molecule has 0 bridgehead atoms. The third-order valence-corrected chi connectivity index (χ3v) is 2.46. The lowest BCUT2D eigenvalue weighted by Crippen LogP contribution is -2.26. The predicted molar refractivity (Wildman–Crippen MR) is 67.4 cm³/mol. The molecule has 84 valence electrons. The summed E-state index contributed by atoms with van der Waals surface area (Å²) < 4.78 is 0. The maximum absolute atomic E-state index is 3.44. The second kappa shape index (κ2) is 5.90. The van der Waals surface area contributed by atoms with Crippen LogP contribution in [0.25, 0.3) is 0 Å². The van der Waals surface area contributed by atoms with Gasteiger partial charge in [0.1, 0.15) is 0 Å². The standard InChI is InChI=1S/C10H15N.C2H6.CH4.H2/c1-7-3-6-10(8(2)11-7)9-4-5-9;1-2;;/h3,6-7,9,11H,4-5H2,1-2H3;1-2H3;1H4;1H. The summed E-state index contributed by atoms with van der Waals surface area (Å²) in [5, 5.41) is 3.44. The predicted octanol–water partition coefficient (Wildman–Crippen LogP) is 4.13. The Bertz CT molecular complexity index is 227. The van der Waals surface area contributed by atoms with E-state index in [1.807, 2.05) is 13.8 Å². The highest BCUT2D eigenvalue weighted by Gasteiger charge is 2.27. The van der Waals surface area contributed by atoms with Gasteiger partial charge >= 0.3 is 0 Å². The van der Waals surface area contributed by atoms with E-state index in [-0.39, 0.29) is 8.85 Å². The maximum Gasteiger partial charge on any atom is 0.0416 e. The van der Waals surface area contributed by atoms with E-state index >= 15 is 0 Å². The summed E-state index contributed by atoms with van der Waals surface area (Å²) in [5.74, 6) is 0.881. The number of allylic oxidation sites excluding steroid dienone is 3. The van der Waals surface area contributed by atoms with Gasteiger partial charge in [-0.2, -0.15) is 0 Å². The van der Waals surface area contributed by atoms with Gasteiger partial charge in [0.2, 0.25) is 0 Å². The van der Waals surface area contributed by atoms with Gasteiger partial charge in [-0.3, -0.25) is 0 Å². The Morgan fingerprint density at radius 3 is 2.36 bits per heavy atom. The van der Waals surface area contributed by atoms with Crippen molar-refractivity contribution in [3.8, 4) is 0 Å². The van der Waals surface area contributed by atoms with Gasteiger partial charge in [0.15, 0.2) is 0 Å². The molecule has 1 N–H and O–H groups in total. The molecule has 1 heteroatoms. The highest BCUT2D eigenvalue weighted by Crippen LogP contribution is 2.39. The number of rotatable bonds is 1. The maximum atomic E-state index is 3.44. The first-order chi connectivity index (χ1) is 6.27. The molecule has 1 aliphatic heterocycles. The van der Waals surface area contributed by atoms with E-state index in [4.69, 9.17) is 0 Å². The molecule has 1 heterocycles. The SMILES string of the molecule is C.CC.CC1=C(C2CC2)C=CC(C)N1.[HH]. The molecule has 1 nitrogen and oxygen atoms in total. The van der Waals surface area contributed by atoms with E-state index in [9.17, 15) is 0 Å². The van der Waals surface area contributed by atoms with Crippen LogP contribution in [0.1, 0.15) is 49.4 Å². The fourth-order valence-corrected chi connectivity index (χ4v) is 1.68. The Balaban J connectivity index is 0. The summed E-state index contributed by atoms with van der Waals surface area (Å²) in [7, 11) is 0. The quantitative estimate of drug-likeness (QED) is 0.666. The molecule has 0 amide bonds. The molecule has 1 fully saturated rings. The summed E-state index contributed by atoms with van der Waals surface area (Å²) in [6, 6.07) is 0.525. The Morgan fingerprint density at radius 1 is 1.36 bits per heavy atom. The van der Waals surface area contributed by atoms with Crippen LogP contribution < -0.4 is 5.32 Å². The van der Waals surface area contributed by atoms with E-state index < -0.39 is 0 Å². The number of nitrogens with one attached hydrogen (secondary N) is 1. The number of hydrogen-bond donors (Lipinski definition) is 1. The van der Waals surface area contributed by atoms with Crippen molar-refractivity contribution >= 4 is 0 Å². The molecule has 1 aliphatic carbocycles. The highest BCUT2D eigenvalue weighted by molar-refractivity contribution is 5.33. The van der Waals surface area contributed by atoms with Gasteiger partial charge < -0.3 is 5.32 Å². The van der Waals surface area contributed by atoms with Gasteiger partial charge in [-0.25, -0.2) is 0 Å². The van der Waals surface area contributed by atoms with Crippen molar-refractivity contribution in [1.29, 1.82) is 0 Å². The van der Waals surface area contributed by atoms with Gasteiger partial charge in [0.25, 0.3) is 0 Å². The zero-order chi connectivity index (χ0) is 9.84. The average molecular weight is 197 g/mol. The molecule has 0 radical (unpaired) electrons. The van der Waals surface area contributed by atoms with Crippen LogP contribution in [-0.4, -0.2) is 6.04 Å². The smallest absolute Gasteiger partial charge is 0.0416 e. The van der Waals surface area contributed by atoms with Crippen LogP contribution in [0.5, 0.6) is 0 Å². The molecule has 2 aliphatic rings. The fourth-order valence-electron chi connectivity index (χ4n) is 1.68. The van der Waals surface area contributed by atoms with E-state index in [0.717, 1.165) is 5.92 Å². The molecule has 0 saturated heterocycles. The van der Waals surface area contributed by atoms with Crippen molar-refractivity contribution in [1.82, 2.24) is 5.32 Å². The minimum atomic E-state index is 0. The van der Waals surface area contributed by atoms with Gasteiger partial charge in [0, 0.05) is 13.2 Å². The van der Waals surface area contributed by atoms with Crippen molar-refractivity contribution in [3.63, 3.8) is 0 Å². The van der Waals surface area contributed by atoms with Gasteiger partial charge in [-0.1, -0.05) is 33.4 Å². The van der Waals surface area contributed by atoms with E-state index in [1.54, 1.807) is 5.57 Å². The van der Waals surface area contributed by atoms with Crippen LogP contribution in [-0.2, 0) is 0 Å². The first kappa shape index (κ1) is 13.3. The van der Waals surface area contributed by atoms with Crippen molar-refractivity contribution < 1.29 is 1.43 Å². The summed E-state index contributed by atoms with van der Waals surface area (Å²) in [6.45, 7) is 8.37. The van der Waals surface area contributed by atoms with Crippen molar-refractivity contribution in [2.75, 3.05) is 0 Å². The van der Waals surface area contributed by atoms with Crippen molar-refractivity contribution in [3.05, 3.63) is 23.4 Å². The molecule has 14 heavy (non-hydrogen) atoms. The lowest BCUT2D eigenvalue weighted by atomic mass is 10.0. The van der Waals surface area contributed by atoms with Gasteiger partial charge in [0.05, 0.1) is 0 Å². The summed E-state index contributed by atoms with van der Waals surface area (Å²) >= 11 is 0. The number of hydrogen-bond acceptors (Lipinski definition) is 1. The molecular formula is C13H27N. The minimum absolute atomic E-state index is 0. The summed E-state index contributed by atoms with van der Waals surface area (Å²) in [6.07, 6.45) is 7.34. The molecule has 0 aromatic heterocycles. The normalized spacial score (nSPS) is 24.4. The van der Waals surface area contributed by atoms with Crippen molar-refractivity contribution in [2.24, 2.45) is 5.92 Å². The molecule has 1 atom stereocenters. The first-order valence-electron chi connectivity index (χ1n) is 5.43. The third kappa shape index (κ3) is 3.21. The highest BCUT2D eigenvalue weighted by atomic mass is 14.9. The lowest BCUT2D eigenvalue weighted by molar-refractivity contribution is 0.697. The lowest BCUT2D eigenvalue weighted by Gasteiger charge is -2.19. The molecule has 1 unspecified atom stereocenters. The Morgan fingerprint density at radius 2 is 1.93 bits per heavy atom. The molecular weight excluding hydrogens is 170 g/mol. The van der Waals surface area contributed by atoms with Crippen LogP contribution in [0.2, 0.25) is 0 Å². The topological polar surface area (TPSA) is 12.0 Å². The Kier molecular flexibility index (Phi) is 5.59. The molecule has 2 rings (SSSR count). The molecule has 1 saturated carbocycles. The fraction of sp³-hybridized carbons (Fsp3) is 0.692. The largest absolute Gasteiger partial charge is 0.382 e. The van der Waals surface area contributed by atoms with Crippen LogP contribution in [0.15, 0.2) is 23.4 Å². The van der Waals surface area contributed by atoms with Gasteiger partial charge in [-0.15, -0.1) is 0 Å². The van der Waals surface area contributed by atoms with E-state index in [2.05, 4.69) is 31.3 Å². The van der Waals surface area contributed by atoms with Gasteiger partial charge in [-0.05, 0) is 38.2 Å². The number of dihydropyridines is 1. The molecule has 0 aromatic carbocycles. The van der Waals surface area contributed by atoms with Crippen LogP contribution in [0, 0.1) is 5.92 Å². The summed E-state index contributed by atoms with van der Waals surface area (Å²) in [5.41, 5.74) is 2.94. The average Bonchev–Trinajstić information content (AvgIpc) is 2.91. The van der Waals surface area contributed by atoms with E-state index in [1.165, 1.54) is 18.5 Å². The third-order valence-electron chi connectivity index (χ3n) is 2.46. The van der Waals surface area contributed by atoms with Crippen LogP contribution in [0.3, 0.4) is 0 Å². The summed E-state index contributed by atoms with van der Waals surface area (Å²) in [4.78, 5) is 0. The Labute approximate surface area is 90.8 Å². The first-order valence-corrected chi connectivity index (χ1v) is 5.43. The van der Waals surface area contributed by atoms with Crippen molar-refractivity contribution in [2.45, 2.75) is 54.0 Å². The Hall–Kier alpha value is -0.720. The second-order valence-corrected chi connectivity index (χ2v) is 3.65. The monoisotopic (exact) mass is 197 g/mol. The second-order valence-electron chi connectivity index (χ2n) is 3.65. The minimum Gasteiger partial charge on any atom is -0.382 e. The molecule has 0 aromatic rings. The van der Waals surface area contributed by atoms with Crippen LogP contribution >= 0.6 is 0 Å². The van der Waals surface area contributed by atoms with Crippen LogP contribution in [0.4, 0.5) is 0 Å². The zero-order valence-electron chi connectivity index (χ0n) is 9.22.